The molecule has 5 nitrogen and oxygen atoms in total. The number of rotatable bonds is 0. The van der Waals surface area contributed by atoms with Gasteiger partial charge in [-0.05, 0) is 18.2 Å². The van der Waals surface area contributed by atoms with Crippen molar-refractivity contribution in [3.05, 3.63) is 59.1 Å². The molecular weight excluding hydrogens is 300 g/mol. The lowest BCUT2D eigenvalue weighted by molar-refractivity contribution is 1.12. The maximum atomic E-state index is 12.5. The van der Waals surface area contributed by atoms with Gasteiger partial charge in [-0.2, -0.15) is 10.2 Å². The highest BCUT2D eigenvalue weighted by Gasteiger charge is 2.19. The van der Waals surface area contributed by atoms with Gasteiger partial charge in [-0.3, -0.25) is 4.79 Å². The van der Waals surface area contributed by atoms with E-state index in [4.69, 9.17) is 4.98 Å². The first-order chi connectivity index (χ1) is 11.8. The van der Waals surface area contributed by atoms with Gasteiger partial charge < -0.3 is 0 Å². The summed E-state index contributed by atoms with van der Waals surface area (Å²) in [7, 11) is 0. The van der Waals surface area contributed by atoms with Crippen LogP contribution < -0.4 is 5.56 Å². The Balaban J connectivity index is 2.11. The number of aromatic nitrogens is 4. The van der Waals surface area contributed by atoms with Crippen LogP contribution in [0.3, 0.4) is 0 Å². The minimum atomic E-state index is -0.212. The van der Waals surface area contributed by atoms with E-state index in [1.807, 2.05) is 36.4 Å². The molecule has 6 rings (SSSR count). The number of hydrogen-bond acceptors (Lipinski definition) is 5. The molecule has 3 heterocycles. The molecule has 3 aromatic carbocycles. The fourth-order valence-corrected chi connectivity index (χ4v) is 3.79. The first-order valence-electron chi connectivity index (χ1n) is 7.63. The van der Waals surface area contributed by atoms with Crippen LogP contribution in [0, 0.1) is 0 Å². The van der Waals surface area contributed by atoms with Crippen LogP contribution in [0.5, 0.6) is 0 Å². The van der Waals surface area contributed by atoms with Crippen molar-refractivity contribution in [2.24, 2.45) is 0 Å². The van der Waals surface area contributed by atoms with Crippen LogP contribution in [-0.4, -0.2) is 20.2 Å². The van der Waals surface area contributed by atoms with Gasteiger partial charge in [0.05, 0.1) is 28.1 Å². The van der Waals surface area contributed by atoms with Crippen molar-refractivity contribution >= 4 is 54.3 Å². The lowest BCUT2D eigenvalue weighted by Crippen LogP contribution is -1.97. The van der Waals surface area contributed by atoms with Gasteiger partial charge >= 0.3 is 0 Å². The monoisotopic (exact) mass is 308 g/mol. The van der Waals surface area contributed by atoms with Gasteiger partial charge in [-0.15, -0.1) is 0 Å². The molecule has 0 aliphatic heterocycles. The van der Waals surface area contributed by atoms with Gasteiger partial charge in [0.25, 0.3) is 5.56 Å². The largest absolute Gasteiger partial charge is 0.278 e. The Labute approximate surface area is 134 Å². The zero-order chi connectivity index (χ0) is 15.8. The third-order valence-corrected chi connectivity index (χ3v) is 4.79. The minimum Gasteiger partial charge on any atom is -0.267 e. The molecule has 0 saturated carbocycles. The highest BCUT2D eigenvalue weighted by molar-refractivity contribution is 6.34. The lowest BCUT2D eigenvalue weighted by atomic mass is 9.97. The Bertz CT molecular complexity index is 1480. The van der Waals surface area contributed by atoms with E-state index in [0.717, 1.165) is 48.9 Å². The third-order valence-electron chi connectivity index (χ3n) is 4.79. The molecular formula is C19H8N4O. The predicted octanol–water partition coefficient (Wildman–Crippen LogP) is 3.27. The first-order valence-corrected chi connectivity index (χ1v) is 7.63. The second kappa shape index (κ2) is 3.89. The van der Waals surface area contributed by atoms with Crippen molar-refractivity contribution < 1.29 is 0 Å². The molecule has 0 aliphatic rings. The van der Waals surface area contributed by atoms with Crippen LogP contribution in [-0.2, 0) is 0 Å². The van der Waals surface area contributed by atoms with Crippen LogP contribution >= 0.6 is 0 Å². The summed E-state index contributed by atoms with van der Waals surface area (Å²) in [6, 6.07) is 11.9. The molecule has 5 heteroatoms. The molecule has 24 heavy (non-hydrogen) atoms. The summed E-state index contributed by atoms with van der Waals surface area (Å²) in [4.78, 5) is 21.4. The van der Waals surface area contributed by atoms with Crippen molar-refractivity contribution in [3.63, 3.8) is 0 Å². The Morgan fingerprint density at radius 1 is 0.708 bits per heavy atom. The average molecular weight is 308 g/mol. The first kappa shape index (κ1) is 12.0. The molecule has 0 fully saturated rings. The normalized spacial score (nSPS) is 12.3. The summed E-state index contributed by atoms with van der Waals surface area (Å²) >= 11 is 0. The van der Waals surface area contributed by atoms with Crippen molar-refractivity contribution in [1.82, 2.24) is 20.2 Å². The van der Waals surface area contributed by atoms with Gasteiger partial charge in [0.2, 0.25) is 0 Å². The smallest absolute Gasteiger partial charge is 0.267 e. The summed E-state index contributed by atoms with van der Waals surface area (Å²) in [6.45, 7) is 0. The van der Waals surface area contributed by atoms with E-state index in [2.05, 4.69) is 15.2 Å². The van der Waals surface area contributed by atoms with Gasteiger partial charge in [-0.25, -0.2) is 9.97 Å². The predicted molar refractivity (Wildman–Crippen MR) is 93.8 cm³/mol. The summed E-state index contributed by atoms with van der Waals surface area (Å²) in [6.07, 6.45) is 3.37. The van der Waals surface area contributed by atoms with Crippen LogP contribution in [0.15, 0.2) is 53.6 Å². The quantitative estimate of drug-likeness (QED) is 0.431. The minimum absolute atomic E-state index is 0.212. The number of benzene rings is 3. The molecule has 0 amide bonds. The van der Waals surface area contributed by atoms with Crippen LogP contribution in [0.1, 0.15) is 0 Å². The molecule has 0 bridgehead atoms. The molecule has 0 N–H and O–H groups in total. The molecule has 0 aliphatic carbocycles. The topological polar surface area (TPSA) is 68.6 Å². The molecule has 0 radical (unpaired) electrons. The number of nitrogens with zero attached hydrogens (tertiary/aromatic N) is 4. The summed E-state index contributed by atoms with van der Waals surface area (Å²) in [5.74, 6) is 0. The zero-order valence-corrected chi connectivity index (χ0v) is 12.3. The fraction of sp³-hybridized carbons (Fsp3) is 0. The third kappa shape index (κ3) is 1.25. The molecule has 6 aromatic rings. The van der Waals surface area contributed by atoms with E-state index in [-0.39, 0.29) is 5.56 Å². The molecule has 3 aromatic heterocycles. The second-order valence-corrected chi connectivity index (χ2v) is 5.97. The highest BCUT2D eigenvalue weighted by atomic mass is 16.1. The molecule has 0 saturated heterocycles. The van der Waals surface area contributed by atoms with E-state index in [1.165, 1.54) is 0 Å². The number of hydrogen-bond donors (Lipinski definition) is 0. The molecule has 110 valence electrons. The fourth-order valence-electron chi connectivity index (χ4n) is 3.79. The zero-order valence-electron chi connectivity index (χ0n) is 12.3. The van der Waals surface area contributed by atoms with E-state index in [0.29, 0.717) is 5.39 Å². The average Bonchev–Trinajstić information content (AvgIpc) is 3.30. The Morgan fingerprint density at radius 3 is 2.58 bits per heavy atom. The van der Waals surface area contributed by atoms with E-state index in [1.54, 1.807) is 12.4 Å². The Hall–Kier alpha value is -3.47. The SMILES string of the molecule is O=c1ncc2c1c1c3cnnc3ccc1c1nc3ccccc3c21. The second-order valence-electron chi connectivity index (χ2n) is 5.97. The van der Waals surface area contributed by atoms with Crippen LogP contribution in [0.4, 0.5) is 0 Å². The standard InChI is InChI=1S/C19H8N4O/c24-19-17-12(7-20-19)16-9-3-1-2-4-13(9)22-18(16)10-5-6-14-11(15(10)17)8-21-23-14/h1-8H. The summed E-state index contributed by atoms with van der Waals surface area (Å²) in [5, 5.41) is 14.3. The maximum absolute atomic E-state index is 12.5. The summed E-state index contributed by atoms with van der Waals surface area (Å²) < 4.78 is 0. The summed E-state index contributed by atoms with van der Waals surface area (Å²) in [5.41, 5.74) is 2.39. The van der Waals surface area contributed by atoms with Crippen LogP contribution in [0.2, 0.25) is 0 Å². The van der Waals surface area contributed by atoms with Gasteiger partial charge in [-0.1, -0.05) is 18.2 Å². The van der Waals surface area contributed by atoms with Crippen molar-refractivity contribution in [1.29, 1.82) is 0 Å². The highest BCUT2D eigenvalue weighted by Crippen LogP contribution is 2.39. The van der Waals surface area contributed by atoms with E-state index < -0.39 is 0 Å². The Kier molecular flexibility index (Phi) is 1.95. The molecule has 0 unspecified atom stereocenters. The van der Waals surface area contributed by atoms with Gasteiger partial charge in [0.1, 0.15) is 0 Å². The number of para-hydroxylation sites is 1. The van der Waals surface area contributed by atoms with Crippen molar-refractivity contribution in [2.45, 2.75) is 0 Å². The van der Waals surface area contributed by atoms with Crippen molar-refractivity contribution in [2.75, 3.05) is 0 Å². The van der Waals surface area contributed by atoms with Crippen LogP contribution in [0.25, 0.3) is 54.3 Å². The lowest BCUT2D eigenvalue weighted by Gasteiger charge is -2.03. The Morgan fingerprint density at radius 2 is 1.62 bits per heavy atom. The van der Waals surface area contributed by atoms with E-state index >= 15 is 0 Å². The number of fused-ring (bicyclic) bond motifs is 10. The van der Waals surface area contributed by atoms with E-state index in [9.17, 15) is 4.79 Å². The van der Waals surface area contributed by atoms with Gasteiger partial charge in [0, 0.05) is 38.5 Å². The van der Waals surface area contributed by atoms with Crippen molar-refractivity contribution in [3.8, 4) is 0 Å². The molecule has 0 spiro atoms. The maximum Gasteiger partial charge on any atom is 0.278 e. The van der Waals surface area contributed by atoms with Gasteiger partial charge in [0.15, 0.2) is 0 Å². The molecule has 0 atom stereocenters.